The van der Waals surface area contributed by atoms with Crippen molar-refractivity contribution in [3.63, 3.8) is 0 Å². The highest BCUT2D eigenvalue weighted by Gasteiger charge is 2.22. The van der Waals surface area contributed by atoms with Crippen molar-refractivity contribution in [2.24, 2.45) is 0 Å². The zero-order chi connectivity index (χ0) is 20.6. The molecule has 1 unspecified atom stereocenters. The molecule has 1 atom stereocenters. The fourth-order valence-electron chi connectivity index (χ4n) is 2.73. The predicted molar refractivity (Wildman–Crippen MR) is 107 cm³/mol. The Morgan fingerprint density at radius 2 is 2.11 bits per heavy atom. The van der Waals surface area contributed by atoms with Crippen LogP contribution in [0.15, 0.2) is 29.3 Å². The van der Waals surface area contributed by atoms with Crippen LogP contribution < -0.4 is 15.6 Å². The van der Waals surface area contributed by atoms with Gasteiger partial charge in [-0.1, -0.05) is 11.6 Å². The number of ether oxygens (including phenoxy) is 1. The molecule has 146 valence electrons. The summed E-state index contributed by atoms with van der Waals surface area (Å²) in [7, 11) is 1.49. The number of nitrogens with zero attached hydrogens (tertiary/aromatic N) is 2. The van der Waals surface area contributed by atoms with E-state index >= 15 is 0 Å². The summed E-state index contributed by atoms with van der Waals surface area (Å²) in [6, 6.07) is 3.90. The number of carboxylic acids is 1. The van der Waals surface area contributed by atoms with Gasteiger partial charge in [-0.2, -0.15) is 0 Å². The number of aromatic carboxylic acids is 1. The van der Waals surface area contributed by atoms with E-state index in [2.05, 4.69) is 10.3 Å². The average molecular weight is 422 g/mol. The molecule has 0 radical (unpaired) electrons. The maximum Gasteiger partial charge on any atom is 0.346 e. The summed E-state index contributed by atoms with van der Waals surface area (Å²) in [6.07, 6.45) is 1.25. The number of fused-ring (bicyclic) bond motifs is 1. The topological polar surface area (TPSA) is 111 Å². The highest BCUT2D eigenvalue weighted by molar-refractivity contribution is 7.20. The number of hydrogen-bond donors (Lipinski definition) is 2. The Hall–Kier alpha value is -2.91. The largest absolute Gasteiger partial charge is 0.495 e. The fraction of sp³-hybridized carbons (Fsp3) is 0.222. The van der Waals surface area contributed by atoms with Crippen LogP contribution in [0, 0.1) is 6.92 Å². The summed E-state index contributed by atoms with van der Waals surface area (Å²) in [5, 5.41) is 12.5. The van der Waals surface area contributed by atoms with Crippen LogP contribution in [0.2, 0.25) is 5.02 Å². The lowest BCUT2D eigenvalue weighted by atomic mass is 10.2. The van der Waals surface area contributed by atoms with E-state index in [0.29, 0.717) is 26.9 Å². The van der Waals surface area contributed by atoms with Gasteiger partial charge in [0.25, 0.3) is 5.56 Å². The van der Waals surface area contributed by atoms with Crippen molar-refractivity contribution in [2.45, 2.75) is 19.9 Å². The molecule has 2 heterocycles. The molecule has 0 aliphatic heterocycles. The van der Waals surface area contributed by atoms with Gasteiger partial charge >= 0.3 is 5.97 Å². The average Bonchev–Trinajstić information content (AvgIpc) is 2.99. The van der Waals surface area contributed by atoms with Gasteiger partial charge in [-0.25, -0.2) is 9.78 Å². The highest BCUT2D eigenvalue weighted by atomic mass is 35.5. The summed E-state index contributed by atoms with van der Waals surface area (Å²) < 4.78 is 6.24. The molecule has 1 aromatic carbocycles. The number of carbonyl (C=O) groups is 2. The van der Waals surface area contributed by atoms with E-state index in [1.807, 2.05) is 0 Å². The number of aryl methyl sites for hydroxylation is 1. The number of amides is 1. The van der Waals surface area contributed by atoms with E-state index in [1.54, 1.807) is 26.0 Å². The molecule has 0 saturated heterocycles. The van der Waals surface area contributed by atoms with Crippen LogP contribution in [0.4, 0.5) is 5.69 Å². The van der Waals surface area contributed by atoms with Gasteiger partial charge in [0, 0.05) is 5.69 Å². The molecular weight excluding hydrogens is 406 g/mol. The molecule has 0 aliphatic rings. The van der Waals surface area contributed by atoms with E-state index < -0.39 is 23.5 Å². The first-order valence-electron chi connectivity index (χ1n) is 8.12. The maximum absolute atomic E-state index is 12.8. The Morgan fingerprint density at radius 3 is 2.71 bits per heavy atom. The van der Waals surface area contributed by atoms with Crippen LogP contribution in [0.5, 0.6) is 5.75 Å². The van der Waals surface area contributed by atoms with Gasteiger partial charge in [-0.3, -0.25) is 14.2 Å². The Bertz CT molecular complexity index is 1150. The minimum absolute atomic E-state index is 0.0577. The first-order chi connectivity index (χ1) is 13.2. The van der Waals surface area contributed by atoms with Crippen molar-refractivity contribution >= 4 is 50.7 Å². The van der Waals surface area contributed by atoms with E-state index in [1.165, 1.54) is 24.1 Å². The van der Waals surface area contributed by atoms with E-state index in [4.69, 9.17) is 16.3 Å². The number of methoxy groups -OCH3 is 1. The van der Waals surface area contributed by atoms with Crippen LogP contribution in [0.1, 0.15) is 28.2 Å². The molecule has 8 nitrogen and oxygen atoms in total. The van der Waals surface area contributed by atoms with Crippen molar-refractivity contribution in [3.05, 3.63) is 50.3 Å². The monoisotopic (exact) mass is 421 g/mol. The van der Waals surface area contributed by atoms with Crippen molar-refractivity contribution in [2.75, 3.05) is 12.4 Å². The highest BCUT2D eigenvalue weighted by Crippen LogP contribution is 2.28. The number of carboxylic acid groups (broad SMARTS) is 1. The number of nitrogens with one attached hydrogen (secondary N) is 1. The molecule has 0 aliphatic carbocycles. The molecule has 28 heavy (non-hydrogen) atoms. The summed E-state index contributed by atoms with van der Waals surface area (Å²) in [4.78, 5) is 41.3. The lowest BCUT2D eigenvalue weighted by molar-refractivity contribution is -0.118. The molecule has 2 N–H and O–H groups in total. The van der Waals surface area contributed by atoms with Crippen molar-refractivity contribution in [1.29, 1.82) is 0 Å². The van der Waals surface area contributed by atoms with Gasteiger partial charge in [0.05, 0.1) is 23.8 Å². The number of thiophene rings is 1. The van der Waals surface area contributed by atoms with Gasteiger partial charge in [-0.15, -0.1) is 11.3 Å². The molecule has 0 saturated carbocycles. The van der Waals surface area contributed by atoms with E-state index in [9.17, 15) is 19.5 Å². The Kier molecular flexibility index (Phi) is 5.39. The number of aromatic nitrogens is 2. The predicted octanol–water partition coefficient (Wildman–Crippen LogP) is 3.33. The third kappa shape index (κ3) is 3.46. The maximum atomic E-state index is 12.8. The molecule has 1 amide bonds. The second-order valence-corrected chi connectivity index (χ2v) is 7.42. The zero-order valence-electron chi connectivity index (χ0n) is 15.1. The standard InChI is InChI=1S/C18H16ClN3O5S/c1-8-13-16(28-14(8)18(25)26)20-7-22(17(13)24)9(2)15(23)21-10-4-5-12(27-3)11(19)6-10/h4-7,9H,1-3H3,(H,21,23)(H,25,26). The molecular formula is C18H16ClN3O5S. The molecule has 3 rings (SSSR count). The third-order valence-electron chi connectivity index (χ3n) is 4.29. The number of rotatable bonds is 5. The fourth-order valence-corrected chi connectivity index (χ4v) is 3.97. The van der Waals surface area contributed by atoms with Gasteiger partial charge in [0.2, 0.25) is 5.91 Å². The van der Waals surface area contributed by atoms with Crippen molar-refractivity contribution in [1.82, 2.24) is 9.55 Å². The Morgan fingerprint density at radius 1 is 1.39 bits per heavy atom. The first-order valence-corrected chi connectivity index (χ1v) is 9.32. The number of anilines is 1. The number of hydrogen-bond acceptors (Lipinski definition) is 6. The Balaban J connectivity index is 1.93. The SMILES string of the molecule is COc1ccc(NC(=O)C(C)n2cnc3sc(C(=O)O)c(C)c3c2=O)cc1Cl. The second kappa shape index (κ2) is 7.61. The Labute approximate surface area is 168 Å². The first kappa shape index (κ1) is 19.8. The van der Waals surface area contributed by atoms with E-state index in [0.717, 1.165) is 11.3 Å². The number of halogens is 1. The molecule has 0 spiro atoms. The van der Waals surface area contributed by atoms with Crippen molar-refractivity contribution < 1.29 is 19.4 Å². The lowest BCUT2D eigenvalue weighted by Crippen LogP contribution is -2.31. The summed E-state index contributed by atoms with van der Waals surface area (Å²) >= 11 is 6.99. The molecule has 10 heteroatoms. The zero-order valence-corrected chi connectivity index (χ0v) is 16.7. The third-order valence-corrected chi connectivity index (χ3v) is 5.77. The van der Waals surface area contributed by atoms with Gasteiger partial charge in [-0.05, 0) is 37.6 Å². The lowest BCUT2D eigenvalue weighted by Gasteiger charge is -2.15. The number of benzene rings is 1. The van der Waals surface area contributed by atoms with Crippen LogP contribution in [-0.4, -0.2) is 33.6 Å². The van der Waals surface area contributed by atoms with Crippen LogP contribution in [0.25, 0.3) is 10.2 Å². The van der Waals surface area contributed by atoms with Crippen molar-refractivity contribution in [3.8, 4) is 5.75 Å². The minimum atomic E-state index is -1.12. The molecule has 3 aromatic rings. The molecule has 0 fully saturated rings. The quantitative estimate of drug-likeness (QED) is 0.653. The summed E-state index contributed by atoms with van der Waals surface area (Å²) in [6.45, 7) is 3.11. The summed E-state index contributed by atoms with van der Waals surface area (Å²) in [5.41, 5.74) is 0.320. The summed E-state index contributed by atoms with van der Waals surface area (Å²) in [5.74, 6) is -1.09. The van der Waals surface area contributed by atoms with E-state index in [-0.39, 0.29) is 10.3 Å². The minimum Gasteiger partial charge on any atom is -0.495 e. The van der Waals surface area contributed by atoms with Crippen LogP contribution in [-0.2, 0) is 4.79 Å². The van der Waals surface area contributed by atoms with Gasteiger partial charge in [0.1, 0.15) is 21.5 Å². The second-order valence-electron chi connectivity index (χ2n) is 6.01. The van der Waals surface area contributed by atoms with Crippen LogP contribution >= 0.6 is 22.9 Å². The smallest absolute Gasteiger partial charge is 0.346 e. The molecule has 2 aromatic heterocycles. The van der Waals surface area contributed by atoms with Gasteiger partial charge in [0.15, 0.2) is 0 Å². The molecule has 0 bridgehead atoms. The van der Waals surface area contributed by atoms with Crippen LogP contribution in [0.3, 0.4) is 0 Å². The normalized spacial score (nSPS) is 12.0. The van der Waals surface area contributed by atoms with Gasteiger partial charge < -0.3 is 15.2 Å². The number of carbonyl (C=O) groups excluding carboxylic acids is 1.